The Morgan fingerprint density at radius 3 is 1.85 bits per heavy atom. The van der Waals surface area contributed by atoms with E-state index in [1.807, 2.05) is 72.8 Å². The molecule has 0 unspecified atom stereocenters. The van der Waals surface area contributed by atoms with Gasteiger partial charge in [-0.15, -0.1) is 0 Å². The number of hydrogen-bond donors (Lipinski definition) is 0. The minimum atomic E-state index is -0.0292. The van der Waals surface area contributed by atoms with Crippen molar-refractivity contribution >= 4 is 51.2 Å². The molecule has 0 amide bonds. The van der Waals surface area contributed by atoms with E-state index in [9.17, 15) is 4.79 Å². The van der Waals surface area contributed by atoms with E-state index < -0.39 is 0 Å². The van der Waals surface area contributed by atoms with Crippen molar-refractivity contribution in [2.24, 2.45) is 0 Å². The average molecular weight is 390 g/mol. The summed E-state index contributed by atoms with van der Waals surface area (Å²) in [5.74, 6) is -0.0292. The topological polar surface area (TPSA) is 22.0 Å². The number of rotatable bonds is 2. The lowest BCUT2D eigenvalue weighted by atomic mass is 9.94. The van der Waals surface area contributed by atoms with Gasteiger partial charge in [-0.05, 0) is 47.5 Å². The largest absolute Gasteiger partial charge is 0.276 e. The van der Waals surface area contributed by atoms with Crippen molar-refractivity contribution in [2.45, 2.75) is 0 Å². The van der Waals surface area contributed by atoms with Gasteiger partial charge in [-0.3, -0.25) is 9.36 Å². The summed E-state index contributed by atoms with van der Waals surface area (Å²) in [6, 6.07) is 25.0. The van der Waals surface area contributed by atoms with E-state index >= 15 is 0 Å². The molecular weight excluding hydrogens is 377 g/mol. The third kappa shape index (κ3) is 2.53. The fourth-order valence-corrected chi connectivity index (χ4v) is 3.95. The molecule has 0 radical (unpaired) electrons. The molecule has 0 aliphatic carbocycles. The Labute approximate surface area is 166 Å². The number of hydrogen-bond acceptors (Lipinski definition) is 1. The highest BCUT2D eigenvalue weighted by Gasteiger charge is 2.32. The Balaban J connectivity index is 1.84. The normalized spacial score (nSPS) is 13.5. The molecule has 0 bridgehead atoms. The minimum absolute atomic E-state index is 0.0292. The highest BCUT2D eigenvalue weighted by atomic mass is 35.5. The van der Waals surface area contributed by atoms with E-state index in [1.54, 1.807) is 4.57 Å². The van der Waals surface area contributed by atoms with E-state index in [0.29, 0.717) is 15.6 Å². The molecule has 3 aromatic carbocycles. The maximum atomic E-state index is 13.5. The van der Waals surface area contributed by atoms with Crippen LogP contribution >= 0.6 is 23.2 Å². The van der Waals surface area contributed by atoms with Crippen LogP contribution in [0.4, 0.5) is 0 Å². The van der Waals surface area contributed by atoms with Crippen molar-refractivity contribution in [3.63, 3.8) is 0 Å². The zero-order valence-corrected chi connectivity index (χ0v) is 15.6. The van der Waals surface area contributed by atoms with Crippen LogP contribution in [-0.4, -0.2) is 10.5 Å². The number of benzene rings is 3. The second kappa shape index (κ2) is 6.12. The number of nitrogens with zero attached hydrogens (tertiary/aromatic N) is 1. The lowest BCUT2D eigenvalue weighted by molar-refractivity contribution is 0.0989. The summed E-state index contributed by atoms with van der Waals surface area (Å²) >= 11 is 12.1. The van der Waals surface area contributed by atoms with Crippen molar-refractivity contribution in [1.29, 1.82) is 0 Å². The first-order valence-corrected chi connectivity index (χ1v) is 9.31. The first kappa shape index (κ1) is 16.4. The third-order valence-corrected chi connectivity index (χ3v) is 5.40. The number of allylic oxidation sites excluding steroid dienone is 1. The summed E-state index contributed by atoms with van der Waals surface area (Å²) in [7, 11) is 0. The van der Waals surface area contributed by atoms with Gasteiger partial charge in [0.25, 0.3) is 5.91 Å². The van der Waals surface area contributed by atoms with Crippen LogP contribution in [0.2, 0.25) is 10.0 Å². The van der Waals surface area contributed by atoms with E-state index in [4.69, 9.17) is 23.2 Å². The number of aromatic nitrogens is 1. The molecule has 2 heterocycles. The molecule has 0 fully saturated rings. The van der Waals surface area contributed by atoms with Crippen molar-refractivity contribution in [2.75, 3.05) is 0 Å². The Morgan fingerprint density at radius 1 is 0.667 bits per heavy atom. The highest BCUT2D eigenvalue weighted by molar-refractivity contribution is 6.36. The second-order valence-corrected chi connectivity index (χ2v) is 7.37. The summed E-state index contributed by atoms with van der Waals surface area (Å²) in [6.45, 7) is 0. The van der Waals surface area contributed by atoms with Crippen molar-refractivity contribution in [1.82, 2.24) is 4.57 Å². The summed E-state index contributed by atoms with van der Waals surface area (Å²) in [5.41, 5.74) is 5.20. The number of carbonyl (C=O) groups is 1. The quantitative estimate of drug-likeness (QED) is 0.380. The molecule has 0 saturated carbocycles. The molecule has 4 aromatic rings. The van der Waals surface area contributed by atoms with Gasteiger partial charge in [0.2, 0.25) is 0 Å². The summed E-state index contributed by atoms with van der Waals surface area (Å²) < 4.78 is 1.79. The van der Waals surface area contributed by atoms with E-state index in [1.165, 1.54) is 0 Å². The SMILES string of the molecule is O=C1C(c2ccc(Cl)cc2)=C(c2ccc(Cl)cc2)c2cc3ccccc3n21. The standard InChI is InChI=1S/C23H13Cl2NO/c24-17-9-5-14(6-10-17)21-20-13-16-3-1-2-4-19(16)26(20)23(27)22(21)15-7-11-18(25)12-8-15/h1-13H. The smallest absolute Gasteiger partial charge is 0.264 e. The van der Waals surface area contributed by atoms with Crippen LogP contribution in [-0.2, 0) is 0 Å². The van der Waals surface area contributed by atoms with Crippen LogP contribution < -0.4 is 0 Å². The zero-order valence-electron chi connectivity index (χ0n) is 14.1. The Hall–Kier alpha value is -2.81. The average Bonchev–Trinajstić information content (AvgIpc) is 3.18. The third-order valence-electron chi connectivity index (χ3n) is 4.90. The van der Waals surface area contributed by atoms with Crippen LogP contribution in [0.15, 0.2) is 78.9 Å². The second-order valence-electron chi connectivity index (χ2n) is 6.49. The molecule has 0 atom stereocenters. The Bertz CT molecular complexity index is 1230. The predicted octanol–water partition coefficient (Wildman–Crippen LogP) is 6.56. The number of halogens is 2. The molecule has 130 valence electrons. The molecule has 0 N–H and O–H groups in total. The summed E-state index contributed by atoms with van der Waals surface area (Å²) in [5, 5.41) is 2.35. The Morgan fingerprint density at radius 2 is 1.22 bits per heavy atom. The summed E-state index contributed by atoms with van der Waals surface area (Å²) in [4.78, 5) is 13.5. The molecule has 4 heteroatoms. The first-order valence-electron chi connectivity index (χ1n) is 8.55. The van der Waals surface area contributed by atoms with Crippen LogP contribution in [0.1, 0.15) is 21.6 Å². The molecule has 2 nitrogen and oxygen atoms in total. The van der Waals surface area contributed by atoms with Crippen LogP contribution in [0, 0.1) is 0 Å². The molecule has 1 aliphatic heterocycles. The predicted molar refractivity (Wildman–Crippen MR) is 111 cm³/mol. The van der Waals surface area contributed by atoms with Gasteiger partial charge >= 0.3 is 0 Å². The van der Waals surface area contributed by atoms with Gasteiger partial charge in [0.05, 0.1) is 16.8 Å². The molecular formula is C23H13Cl2NO. The maximum absolute atomic E-state index is 13.5. The molecule has 27 heavy (non-hydrogen) atoms. The van der Waals surface area contributed by atoms with Crippen molar-refractivity contribution < 1.29 is 4.79 Å². The van der Waals surface area contributed by atoms with Crippen LogP contribution in [0.25, 0.3) is 22.0 Å². The van der Waals surface area contributed by atoms with Gasteiger partial charge in [0.1, 0.15) is 0 Å². The van der Waals surface area contributed by atoms with Crippen LogP contribution in [0.5, 0.6) is 0 Å². The number of carbonyl (C=O) groups excluding carboxylic acids is 1. The minimum Gasteiger partial charge on any atom is -0.276 e. The van der Waals surface area contributed by atoms with Crippen LogP contribution in [0.3, 0.4) is 0 Å². The molecule has 1 aromatic heterocycles. The number of fused-ring (bicyclic) bond motifs is 3. The fourth-order valence-electron chi connectivity index (χ4n) is 3.70. The van der Waals surface area contributed by atoms with Gasteiger partial charge in [-0.25, -0.2) is 0 Å². The van der Waals surface area contributed by atoms with Gasteiger partial charge in [0, 0.05) is 21.0 Å². The van der Waals surface area contributed by atoms with Crippen molar-refractivity contribution in [3.05, 3.63) is 106 Å². The maximum Gasteiger partial charge on any atom is 0.264 e. The van der Waals surface area contributed by atoms with Gasteiger partial charge in [-0.2, -0.15) is 0 Å². The van der Waals surface area contributed by atoms with Gasteiger partial charge in [0.15, 0.2) is 0 Å². The van der Waals surface area contributed by atoms with E-state index in [2.05, 4.69) is 6.07 Å². The highest BCUT2D eigenvalue weighted by Crippen LogP contribution is 2.42. The van der Waals surface area contributed by atoms with Gasteiger partial charge in [-0.1, -0.05) is 65.7 Å². The lowest BCUT2D eigenvalue weighted by Gasteiger charge is -2.08. The zero-order chi connectivity index (χ0) is 18.5. The van der Waals surface area contributed by atoms with E-state index in [-0.39, 0.29) is 5.91 Å². The first-order chi connectivity index (χ1) is 13.1. The number of para-hydroxylation sites is 1. The Kier molecular flexibility index (Phi) is 3.71. The monoisotopic (exact) mass is 389 g/mol. The molecule has 0 saturated heterocycles. The lowest BCUT2D eigenvalue weighted by Crippen LogP contribution is -2.07. The summed E-state index contributed by atoms with van der Waals surface area (Å²) in [6.07, 6.45) is 0. The fraction of sp³-hybridized carbons (Fsp3) is 0. The van der Waals surface area contributed by atoms with Gasteiger partial charge < -0.3 is 0 Å². The van der Waals surface area contributed by atoms with E-state index in [0.717, 1.165) is 33.3 Å². The van der Waals surface area contributed by atoms with Crippen molar-refractivity contribution in [3.8, 4) is 0 Å². The molecule has 0 spiro atoms. The molecule has 1 aliphatic rings. The molecule has 5 rings (SSSR count).